The van der Waals surface area contributed by atoms with Crippen molar-refractivity contribution in [3.8, 4) is 0 Å². The number of aryl methyl sites for hydroxylation is 1. The van der Waals surface area contributed by atoms with Crippen LogP contribution < -0.4 is 0 Å². The molecule has 1 aromatic heterocycles. The van der Waals surface area contributed by atoms with E-state index < -0.39 is 0 Å². The predicted octanol–water partition coefficient (Wildman–Crippen LogP) is 3.01. The molecule has 0 bridgehead atoms. The van der Waals surface area contributed by atoms with Crippen molar-refractivity contribution in [1.29, 1.82) is 0 Å². The van der Waals surface area contributed by atoms with E-state index in [0.29, 0.717) is 0 Å². The molecular formula is C12H14N2. The highest BCUT2D eigenvalue weighted by molar-refractivity contribution is 5.71. The molecule has 0 aliphatic carbocycles. The first-order valence-corrected chi connectivity index (χ1v) is 4.52. The molecule has 0 saturated carbocycles. The zero-order valence-corrected chi connectivity index (χ0v) is 8.57. The Hall–Kier alpha value is -1.70. The van der Waals surface area contributed by atoms with Crippen molar-refractivity contribution in [2.75, 3.05) is 0 Å². The molecule has 0 N–H and O–H groups in total. The van der Waals surface area contributed by atoms with Crippen molar-refractivity contribution in [2.24, 2.45) is 4.99 Å². The highest BCUT2D eigenvalue weighted by Crippen LogP contribution is 2.13. The fraction of sp³-hybridized carbons (Fsp3) is 0.167. The molecule has 2 nitrogen and oxygen atoms in total. The Bertz CT molecular complexity index is 358. The topological polar surface area (TPSA) is 25.2 Å². The zero-order valence-electron chi connectivity index (χ0n) is 8.57. The maximum atomic E-state index is 4.29. The van der Waals surface area contributed by atoms with Gasteiger partial charge in [-0.05, 0) is 31.6 Å². The third kappa shape index (κ3) is 2.66. The summed E-state index contributed by atoms with van der Waals surface area (Å²) in [5, 5.41) is 0. The standard InChI is InChI=1S/C12H14N2/c1-4-6-11(13-5-2)12-8-7-10(3)9-14-12/h4-9H,1H2,2-3H3/b11-6-,13-5?. The van der Waals surface area contributed by atoms with E-state index >= 15 is 0 Å². The summed E-state index contributed by atoms with van der Waals surface area (Å²) in [5.74, 6) is 0. The van der Waals surface area contributed by atoms with Gasteiger partial charge >= 0.3 is 0 Å². The van der Waals surface area contributed by atoms with Crippen molar-refractivity contribution < 1.29 is 0 Å². The minimum atomic E-state index is 0.836. The van der Waals surface area contributed by atoms with Gasteiger partial charge in [-0.25, -0.2) is 0 Å². The van der Waals surface area contributed by atoms with Gasteiger partial charge in [0.05, 0.1) is 11.4 Å². The molecule has 1 rings (SSSR count). The number of allylic oxidation sites excluding steroid dienone is 2. The Labute approximate surface area is 84.7 Å². The van der Waals surface area contributed by atoms with Gasteiger partial charge in [-0.2, -0.15) is 0 Å². The lowest BCUT2D eigenvalue weighted by Crippen LogP contribution is -1.87. The molecule has 1 heterocycles. The molecule has 1 aromatic rings. The summed E-state index contributed by atoms with van der Waals surface area (Å²) in [6, 6.07) is 3.97. The van der Waals surface area contributed by atoms with E-state index in [2.05, 4.69) is 16.6 Å². The van der Waals surface area contributed by atoms with Gasteiger partial charge < -0.3 is 0 Å². The second-order valence-corrected chi connectivity index (χ2v) is 2.90. The van der Waals surface area contributed by atoms with E-state index in [1.807, 2.05) is 38.3 Å². The molecule has 0 spiro atoms. The van der Waals surface area contributed by atoms with Crippen LogP contribution in [0.1, 0.15) is 18.2 Å². The van der Waals surface area contributed by atoms with Crippen LogP contribution in [-0.4, -0.2) is 11.2 Å². The first kappa shape index (κ1) is 10.4. The molecule has 0 atom stereocenters. The van der Waals surface area contributed by atoms with Gasteiger partial charge in [0.15, 0.2) is 0 Å². The van der Waals surface area contributed by atoms with E-state index in [1.54, 1.807) is 12.3 Å². The summed E-state index contributed by atoms with van der Waals surface area (Å²) >= 11 is 0. The highest BCUT2D eigenvalue weighted by Gasteiger charge is 1.98. The van der Waals surface area contributed by atoms with Gasteiger partial charge in [0, 0.05) is 12.4 Å². The Morgan fingerprint density at radius 1 is 1.50 bits per heavy atom. The summed E-state index contributed by atoms with van der Waals surface area (Å²) in [4.78, 5) is 8.50. The summed E-state index contributed by atoms with van der Waals surface area (Å²) in [5.41, 5.74) is 2.85. The summed E-state index contributed by atoms with van der Waals surface area (Å²) in [6.07, 6.45) is 7.13. The highest BCUT2D eigenvalue weighted by atomic mass is 14.8. The summed E-state index contributed by atoms with van der Waals surface area (Å²) in [6.45, 7) is 7.54. The molecule has 72 valence electrons. The van der Waals surface area contributed by atoms with Gasteiger partial charge in [0.25, 0.3) is 0 Å². The quantitative estimate of drug-likeness (QED) is 0.526. The predicted molar refractivity (Wildman–Crippen MR) is 61.3 cm³/mol. The third-order valence-electron chi connectivity index (χ3n) is 1.72. The van der Waals surface area contributed by atoms with E-state index in [4.69, 9.17) is 0 Å². The minimum Gasteiger partial charge on any atom is -0.259 e. The van der Waals surface area contributed by atoms with E-state index in [1.165, 1.54) is 0 Å². The van der Waals surface area contributed by atoms with Crippen LogP contribution in [0.25, 0.3) is 5.70 Å². The van der Waals surface area contributed by atoms with E-state index in [9.17, 15) is 0 Å². The molecule has 0 fully saturated rings. The van der Waals surface area contributed by atoms with Crippen LogP contribution in [0.15, 0.2) is 42.1 Å². The van der Waals surface area contributed by atoms with Crippen LogP contribution in [0, 0.1) is 6.92 Å². The smallest absolute Gasteiger partial charge is 0.0886 e. The summed E-state index contributed by atoms with van der Waals surface area (Å²) < 4.78 is 0. The number of nitrogens with zero attached hydrogens (tertiary/aromatic N) is 2. The molecule has 0 saturated heterocycles. The average molecular weight is 186 g/mol. The van der Waals surface area contributed by atoms with Crippen LogP contribution in [0.2, 0.25) is 0 Å². The second-order valence-electron chi connectivity index (χ2n) is 2.90. The molecule has 0 aromatic carbocycles. The maximum absolute atomic E-state index is 4.29. The van der Waals surface area contributed by atoms with Crippen molar-refractivity contribution >= 4 is 11.9 Å². The fourth-order valence-corrected chi connectivity index (χ4v) is 1.06. The van der Waals surface area contributed by atoms with Gasteiger partial charge in [0.1, 0.15) is 0 Å². The van der Waals surface area contributed by atoms with Crippen LogP contribution in [0.5, 0.6) is 0 Å². The van der Waals surface area contributed by atoms with Crippen LogP contribution in [0.3, 0.4) is 0 Å². The second kappa shape index (κ2) is 5.12. The molecule has 2 heteroatoms. The monoisotopic (exact) mass is 186 g/mol. The Kier molecular flexibility index (Phi) is 3.80. The van der Waals surface area contributed by atoms with Crippen molar-refractivity contribution in [1.82, 2.24) is 4.98 Å². The molecule has 0 aliphatic heterocycles. The normalized spacial score (nSPS) is 12.0. The van der Waals surface area contributed by atoms with Gasteiger partial charge in [-0.15, -0.1) is 0 Å². The fourth-order valence-electron chi connectivity index (χ4n) is 1.06. The number of pyridine rings is 1. The molecule has 14 heavy (non-hydrogen) atoms. The Morgan fingerprint density at radius 2 is 2.29 bits per heavy atom. The number of aromatic nitrogens is 1. The first-order valence-electron chi connectivity index (χ1n) is 4.52. The third-order valence-corrected chi connectivity index (χ3v) is 1.72. The van der Waals surface area contributed by atoms with Crippen LogP contribution in [0.4, 0.5) is 0 Å². The summed E-state index contributed by atoms with van der Waals surface area (Å²) in [7, 11) is 0. The van der Waals surface area contributed by atoms with E-state index in [0.717, 1.165) is 17.0 Å². The Balaban J connectivity index is 3.05. The maximum Gasteiger partial charge on any atom is 0.0886 e. The lowest BCUT2D eigenvalue weighted by atomic mass is 10.2. The Morgan fingerprint density at radius 3 is 2.79 bits per heavy atom. The molecule has 0 radical (unpaired) electrons. The largest absolute Gasteiger partial charge is 0.259 e. The number of aliphatic imine (C=N–C) groups is 1. The van der Waals surface area contributed by atoms with Gasteiger partial charge in [-0.1, -0.05) is 18.7 Å². The molecule has 0 aliphatic rings. The number of hydrogen-bond acceptors (Lipinski definition) is 2. The zero-order chi connectivity index (χ0) is 10.4. The molecule has 0 amide bonds. The molecule has 0 unspecified atom stereocenters. The van der Waals surface area contributed by atoms with Crippen molar-refractivity contribution in [3.05, 3.63) is 48.3 Å². The van der Waals surface area contributed by atoms with Crippen molar-refractivity contribution in [3.63, 3.8) is 0 Å². The minimum absolute atomic E-state index is 0.836. The van der Waals surface area contributed by atoms with Crippen LogP contribution >= 0.6 is 0 Å². The number of rotatable bonds is 3. The lowest BCUT2D eigenvalue weighted by Gasteiger charge is -2.00. The lowest BCUT2D eigenvalue weighted by molar-refractivity contribution is 1.22. The van der Waals surface area contributed by atoms with Crippen LogP contribution in [-0.2, 0) is 0 Å². The van der Waals surface area contributed by atoms with Crippen molar-refractivity contribution in [2.45, 2.75) is 13.8 Å². The SMILES string of the molecule is C=C/C=C(\N=CC)c1ccc(C)cn1. The average Bonchev–Trinajstić information content (AvgIpc) is 2.19. The first-order chi connectivity index (χ1) is 6.77. The molecular weight excluding hydrogens is 172 g/mol. The van der Waals surface area contributed by atoms with Gasteiger partial charge in [-0.3, -0.25) is 9.98 Å². The van der Waals surface area contributed by atoms with E-state index in [-0.39, 0.29) is 0 Å². The van der Waals surface area contributed by atoms with Gasteiger partial charge in [0.2, 0.25) is 0 Å². The number of hydrogen-bond donors (Lipinski definition) is 0.